The Morgan fingerprint density at radius 1 is 1.06 bits per heavy atom. The molecule has 18 heavy (non-hydrogen) atoms. The SMILES string of the molecule is Fc1cc(F)cc(N2CCNC3CCCCC32)c1. The van der Waals surface area contributed by atoms with Crippen LogP contribution in [0.15, 0.2) is 18.2 Å². The summed E-state index contributed by atoms with van der Waals surface area (Å²) in [5.41, 5.74) is 0.686. The third kappa shape index (κ3) is 2.21. The Balaban J connectivity index is 1.89. The quantitative estimate of drug-likeness (QED) is 0.826. The first-order valence-corrected chi connectivity index (χ1v) is 6.70. The second-order valence-electron chi connectivity index (χ2n) is 5.23. The van der Waals surface area contributed by atoms with Crippen LogP contribution < -0.4 is 10.2 Å². The lowest BCUT2D eigenvalue weighted by Gasteiger charge is -2.46. The molecule has 1 saturated carbocycles. The normalized spacial score (nSPS) is 28.0. The Labute approximate surface area is 106 Å². The third-order valence-electron chi connectivity index (χ3n) is 4.07. The molecule has 2 fully saturated rings. The monoisotopic (exact) mass is 252 g/mol. The standard InChI is InChI=1S/C14H18F2N2/c15-10-7-11(16)9-12(8-10)18-6-5-17-13-3-1-2-4-14(13)18/h7-9,13-14,17H,1-6H2. The number of nitrogens with one attached hydrogen (secondary N) is 1. The molecular weight excluding hydrogens is 234 g/mol. The zero-order valence-electron chi connectivity index (χ0n) is 10.3. The molecule has 2 aliphatic rings. The third-order valence-corrected chi connectivity index (χ3v) is 4.07. The van der Waals surface area contributed by atoms with Crippen molar-refractivity contribution >= 4 is 5.69 Å². The highest BCUT2D eigenvalue weighted by atomic mass is 19.1. The summed E-state index contributed by atoms with van der Waals surface area (Å²) < 4.78 is 26.6. The Hall–Kier alpha value is -1.16. The number of benzene rings is 1. The van der Waals surface area contributed by atoms with Gasteiger partial charge in [0.1, 0.15) is 11.6 Å². The molecule has 2 atom stereocenters. The van der Waals surface area contributed by atoms with Crippen molar-refractivity contribution in [2.75, 3.05) is 18.0 Å². The molecule has 1 aromatic carbocycles. The summed E-state index contributed by atoms with van der Waals surface area (Å²) in [6, 6.07) is 4.68. The first-order valence-electron chi connectivity index (χ1n) is 6.70. The number of fused-ring (bicyclic) bond motifs is 1. The van der Waals surface area contributed by atoms with Gasteiger partial charge >= 0.3 is 0 Å². The highest BCUT2D eigenvalue weighted by Gasteiger charge is 2.33. The van der Waals surface area contributed by atoms with Crippen LogP contribution in [0.5, 0.6) is 0 Å². The Bertz CT molecular complexity index is 414. The average molecular weight is 252 g/mol. The van der Waals surface area contributed by atoms with E-state index in [1.54, 1.807) is 0 Å². The van der Waals surface area contributed by atoms with Crippen molar-refractivity contribution < 1.29 is 8.78 Å². The second kappa shape index (κ2) is 4.84. The molecule has 1 N–H and O–H groups in total. The van der Waals surface area contributed by atoms with E-state index in [-0.39, 0.29) is 0 Å². The molecule has 1 saturated heterocycles. The molecule has 0 spiro atoms. The van der Waals surface area contributed by atoms with Crippen molar-refractivity contribution in [3.8, 4) is 0 Å². The summed E-state index contributed by atoms with van der Waals surface area (Å²) in [4.78, 5) is 2.17. The van der Waals surface area contributed by atoms with Gasteiger partial charge < -0.3 is 10.2 Å². The Morgan fingerprint density at radius 3 is 2.56 bits per heavy atom. The van der Waals surface area contributed by atoms with E-state index in [1.165, 1.54) is 31.4 Å². The molecule has 1 aliphatic carbocycles. The van der Waals surface area contributed by atoms with E-state index in [0.717, 1.165) is 25.6 Å². The minimum Gasteiger partial charge on any atom is -0.366 e. The molecule has 0 radical (unpaired) electrons. The van der Waals surface area contributed by atoms with Crippen molar-refractivity contribution in [2.24, 2.45) is 0 Å². The van der Waals surface area contributed by atoms with E-state index < -0.39 is 11.6 Å². The predicted molar refractivity (Wildman–Crippen MR) is 67.8 cm³/mol. The van der Waals surface area contributed by atoms with Crippen molar-refractivity contribution in [2.45, 2.75) is 37.8 Å². The topological polar surface area (TPSA) is 15.3 Å². The molecule has 98 valence electrons. The number of halogens is 2. The molecule has 1 aromatic rings. The highest BCUT2D eigenvalue weighted by Crippen LogP contribution is 2.30. The van der Waals surface area contributed by atoms with Crippen molar-refractivity contribution in [1.82, 2.24) is 5.32 Å². The van der Waals surface area contributed by atoms with Gasteiger partial charge in [0.05, 0.1) is 0 Å². The van der Waals surface area contributed by atoms with Crippen LogP contribution in [0.25, 0.3) is 0 Å². The Kier molecular flexibility index (Phi) is 3.20. The molecule has 3 rings (SSSR count). The minimum atomic E-state index is -0.490. The molecule has 0 amide bonds. The Morgan fingerprint density at radius 2 is 1.78 bits per heavy atom. The zero-order chi connectivity index (χ0) is 12.5. The smallest absolute Gasteiger partial charge is 0.128 e. The highest BCUT2D eigenvalue weighted by molar-refractivity contribution is 5.49. The average Bonchev–Trinajstić information content (AvgIpc) is 2.37. The van der Waals surface area contributed by atoms with Crippen LogP contribution in [0, 0.1) is 11.6 Å². The van der Waals surface area contributed by atoms with Gasteiger partial charge in [0.2, 0.25) is 0 Å². The van der Waals surface area contributed by atoms with E-state index in [2.05, 4.69) is 10.2 Å². The fraction of sp³-hybridized carbons (Fsp3) is 0.571. The maximum atomic E-state index is 13.3. The summed E-state index contributed by atoms with van der Waals surface area (Å²) in [7, 11) is 0. The van der Waals surface area contributed by atoms with Gasteiger partial charge in [-0.1, -0.05) is 12.8 Å². The number of hydrogen-bond acceptors (Lipinski definition) is 2. The van der Waals surface area contributed by atoms with Crippen LogP contribution in [-0.2, 0) is 0 Å². The van der Waals surface area contributed by atoms with Crippen LogP contribution in [0.2, 0.25) is 0 Å². The summed E-state index contributed by atoms with van der Waals surface area (Å²) in [5.74, 6) is -0.980. The van der Waals surface area contributed by atoms with Gasteiger partial charge in [-0.3, -0.25) is 0 Å². The lowest BCUT2D eigenvalue weighted by Crippen LogP contribution is -2.59. The lowest BCUT2D eigenvalue weighted by molar-refractivity contribution is 0.284. The van der Waals surface area contributed by atoms with Crippen molar-refractivity contribution in [3.63, 3.8) is 0 Å². The molecule has 1 heterocycles. The summed E-state index contributed by atoms with van der Waals surface area (Å²) in [6.45, 7) is 1.71. The fourth-order valence-electron chi connectivity index (χ4n) is 3.28. The summed E-state index contributed by atoms with van der Waals surface area (Å²) >= 11 is 0. The van der Waals surface area contributed by atoms with Gasteiger partial charge in [-0.2, -0.15) is 0 Å². The van der Waals surface area contributed by atoms with E-state index in [4.69, 9.17) is 0 Å². The maximum Gasteiger partial charge on any atom is 0.128 e. The van der Waals surface area contributed by atoms with Gasteiger partial charge in [-0.25, -0.2) is 8.78 Å². The van der Waals surface area contributed by atoms with E-state index in [9.17, 15) is 8.78 Å². The number of anilines is 1. The molecule has 4 heteroatoms. The van der Waals surface area contributed by atoms with Crippen molar-refractivity contribution in [3.05, 3.63) is 29.8 Å². The number of piperazine rings is 1. The molecular formula is C14H18F2N2. The number of nitrogens with zero attached hydrogens (tertiary/aromatic N) is 1. The largest absolute Gasteiger partial charge is 0.366 e. The molecule has 1 aliphatic heterocycles. The summed E-state index contributed by atoms with van der Waals surface area (Å²) in [5, 5.41) is 3.52. The first kappa shape index (κ1) is 11.9. The second-order valence-corrected chi connectivity index (χ2v) is 5.23. The molecule has 0 bridgehead atoms. The van der Waals surface area contributed by atoms with E-state index in [1.807, 2.05) is 0 Å². The van der Waals surface area contributed by atoms with Gasteiger partial charge in [0.15, 0.2) is 0 Å². The molecule has 2 unspecified atom stereocenters. The van der Waals surface area contributed by atoms with Gasteiger partial charge in [-0.05, 0) is 25.0 Å². The maximum absolute atomic E-state index is 13.3. The first-order chi connectivity index (χ1) is 8.74. The van der Waals surface area contributed by atoms with Crippen LogP contribution in [-0.4, -0.2) is 25.2 Å². The zero-order valence-corrected chi connectivity index (χ0v) is 10.3. The van der Waals surface area contributed by atoms with Crippen molar-refractivity contribution in [1.29, 1.82) is 0 Å². The van der Waals surface area contributed by atoms with Crippen LogP contribution >= 0.6 is 0 Å². The number of rotatable bonds is 1. The fourth-order valence-corrected chi connectivity index (χ4v) is 3.28. The van der Waals surface area contributed by atoms with Gasteiger partial charge in [0.25, 0.3) is 0 Å². The lowest BCUT2D eigenvalue weighted by atomic mass is 9.87. The van der Waals surface area contributed by atoms with Crippen LogP contribution in [0.3, 0.4) is 0 Å². The number of hydrogen-bond donors (Lipinski definition) is 1. The van der Waals surface area contributed by atoms with E-state index in [0.29, 0.717) is 17.8 Å². The summed E-state index contributed by atoms with van der Waals surface area (Å²) in [6.07, 6.45) is 4.73. The molecule has 2 nitrogen and oxygen atoms in total. The minimum absolute atomic E-state index is 0.383. The van der Waals surface area contributed by atoms with E-state index >= 15 is 0 Å². The van der Waals surface area contributed by atoms with Crippen LogP contribution in [0.1, 0.15) is 25.7 Å². The van der Waals surface area contributed by atoms with Gasteiger partial charge in [-0.15, -0.1) is 0 Å². The van der Waals surface area contributed by atoms with Gasteiger partial charge in [0, 0.05) is 36.9 Å². The predicted octanol–water partition coefficient (Wildman–Crippen LogP) is 2.69. The molecule has 0 aromatic heterocycles. The van der Waals surface area contributed by atoms with Crippen LogP contribution in [0.4, 0.5) is 14.5 Å².